The number of benzene rings is 2. The van der Waals surface area contributed by atoms with Gasteiger partial charge in [0.2, 0.25) is 23.6 Å². The lowest BCUT2D eigenvalue weighted by Gasteiger charge is -2.73. The minimum atomic E-state index is -4.94. The zero-order valence-electron chi connectivity index (χ0n) is 63.7. The van der Waals surface area contributed by atoms with Crippen LogP contribution in [0, 0.1) is 30.6 Å². The second kappa shape index (κ2) is 39.0. The summed E-state index contributed by atoms with van der Waals surface area (Å²) in [6.07, 6.45) is 14.7. The van der Waals surface area contributed by atoms with Crippen LogP contribution in [0.15, 0.2) is 60.5 Å². The summed E-state index contributed by atoms with van der Waals surface area (Å²) in [5, 5.41) is 13.4. The molecule has 4 unspecified atom stereocenters. The van der Waals surface area contributed by atoms with E-state index >= 15 is 0 Å². The zero-order valence-corrected chi connectivity index (χ0v) is 67.7. The Morgan fingerprint density at radius 1 is 0.730 bits per heavy atom. The van der Waals surface area contributed by atoms with E-state index in [1.165, 1.54) is 12.2 Å². The number of hydrogen-bond acceptors (Lipinski definition) is 20. The number of aromatic amines is 2. The van der Waals surface area contributed by atoms with E-state index in [0.29, 0.717) is 134 Å². The molecule has 0 radical (unpaired) electrons. The van der Waals surface area contributed by atoms with Gasteiger partial charge in [0.1, 0.15) is 18.7 Å². The van der Waals surface area contributed by atoms with E-state index in [0.717, 1.165) is 54.7 Å². The number of fused-ring (bicyclic) bond motifs is 6. The van der Waals surface area contributed by atoms with Crippen molar-refractivity contribution in [1.29, 1.82) is 0 Å². The molecule has 6 atom stereocenters. The molecule has 3 saturated carbocycles. The molecule has 31 nitrogen and oxygen atoms in total. The molecule has 36 heteroatoms. The number of hydrogen-bond donors (Lipinski definition) is 9. The fraction of sp³-hybridized carbons (Fsp3) is 0.587. The third kappa shape index (κ3) is 21.3. The van der Waals surface area contributed by atoms with Gasteiger partial charge in [-0.1, -0.05) is 32.1 Å². The van der Waals surface area contributed by atoms with Gasteiger partial charge in [0, 0.05) is 136 Å². The Morgan fingerprint density at radius 2 is 1.27 bits per heavy atom. The van der Waals surface area contributed by atoms with E-state index in [2.05, 4.69) is 56.0 Å². The number of halogens is 2. The number of alkyl halides is 2. The number of anilines is 2. The van der Waals surface area contributed by atoms with Gasteiger partial charge in [-0.2, -0.15) is 0 Å². The number of imide groups is 1. The molecule has 3 fully saturated rings. The van der Waals surface area contributed by atoms with Crippen molar-refractivity contribution in [1.82, 2.24) is 45.9 Å². The van der Waals surface area contributed by atoms with Gasteiger partial charge >= 0.3 is 13.9 Å². The van der Waals surface area contributed by atoms with E-state index in [1.54, 1.807) is 35.9 Å². The molecule has 8 amide bonds. The Kier molecular flexibility index (Phi) is 30.2. The molecule has 0 spiro atoms. The van der Waals surface area contributed by atoms with Crippen LogP contribution in [-0.2, 0) is 66.5 Å². The molecule has 10 N–H and O–H groups in total. The fourth-order valence-corrected chi connectivity index (χ4v) is 16.6. The lowest BCUT2D eigenvalue weighted by atomic mass is 9.32. The van der Waals surface area contributed by atoms with Crippen LogP contribution >= 0.6 is 55.5 Å². The van der Waals surface area contributed by atoms with Gasteiger partial charge in [0.25, 0.3) is 22.2 Å². The SMILES string of the molecule is Cc1c[nH]c2c(OC(=S)N(C)CCN(C)C(=S)OCC3=CCC(NC(=O)C(CCCNC(N)=O)NC(=O)[C@@H](NC(=O)CCOCCOCCOCCOCCOCCOCCN4C(=O)C=CC4=O)C(C)C)C=C3)cc3c(c12)C(CCl)CN3C(C)C12CC(C(=O)N3C[C@@H](CCl)c4c3cc(OP(=O)(O)O)c3[nH]cc(C)c43)(C1)C2. The largest absolute Gasteiger partial charge is 0.524 e. The molecule has 3 aliphatic heterocycles. The van der Waals surface area contributed by atoms with Gasteiger partial charge in [0.05, 0.1) is 114 Å². The number of carbonyl (C=O) groups excluding carboxylic acids is 7. The number of aryl methyl sites for hydroxylation is 2. The number of urea groups is 1. The molecule has 4 aliphatic carbocycles. The van der Waals surface area contributed by atoms with Crippen LogP contribution in [-0.4, -0.2) is 261 Å². The van der Waals surface area contributed by atoms with Crippen LogP contribution in [0.4, 0.5) is 16.2 Å². The molecule has 7 aliphatic rings. The first-order valence-electron chi connectivity index (χ1n) is 37.4. The van der Waals surface area contributed by atoms with Crippen molar-refractivity contribution < 1.29 is 90.3 Å². The molecular weight excluding hydrogens is 1540 g/mol. The molecule has 0 saturated heterocycles. The number of H-pyrrole nitrogens is 2. The van der Waals surface area contributed by atoms with E-state index in [-0.39, 0.29) is 128 Å². The number of amides is 8. The maximum atomic E-state index is 14.9. The molecule has 11 rings (SSSR count). The number of nitrogens with two attached hydrogens (primary N) is 1. The molecule has 4 aromatic rings. The van der Waals surface area contributed by atoms with Crippen molar-refractivity contribution in [3.63, 3.8) is 0 Å². The summed E-state index contributed by atoms with van der Waals surface area (Å²) in [7, 11) is -1.27. The average molecular weight is 1640 g/mol. The van der Waals surface area contributed by atoms with Gasteiger partial charge in [0.15, 0.2) is 11.5 Å². The monoisotopic (exact) mass is 1640 g/mol. The maximum absolute atomic E-state index is 14.9. The van der Waals surface area contributed by atoms with Gasteiger partial charge in [-0.15, -0.1) is 23.2 Å². The Bertz CT molecular complexity index is 4170. The van der Waals surface area contributed by atoms with Crippen LogP contribution in [0.2, 0.25) is 0 Å². The Balaban J connectivity index is 0.622. The average Bonchev–Trinajstić information content (AvgIpc) is 1.58. The minimum absolute atomic E-state index is 0.0152. The number of phosphoric acid groups is 1. The summed E-state index contributed by atoms with van der Waals surface area (Å²) in [6.45, 7) is 15.8. The predicted molar refractivity (Wildman–Crippen MR) is 425 cm³/mol. The highest BCUT2D eigenvalue weighted by molar-refractivity contribution is 7.80. The van der Waals surface area contributed by atoms with Crippen molar-refractivity contribution >= 4 is 140 Å². The van der Waals surface area contributed by atoms with Gasteiger partial charge in [-0.25, -0.2) is 9.36 Å². The zero-order chi connectivity index (χ0) is 79.9. The van der Waals surface area contributed by atoms with Crippen LogP contribution in [0.1, 0.15) is 99.8 Å². The number of carbonyl (C=O) groups is 7. The van der Waals surface area contributed by atoms with Crippen molar-refractivity contribution in [2.75, 3.05) is 161 Å². The molecule has 111 heavy (non-hydrogen) atoms. The number of likely N-dealkylation sites (N-methyl/N-ethyl adjacent to an activating group) is 2. The van der Waals surface area contributed by atoms with Crippen molar-refractivity contribution in [3.05, 3.63) is 82.7 Å². The highest BCUT2D eigenvalue weighted by Gasteiger charge is 2.75. The normalized spacial score (nSPS) is 20.3. The summed E-state index contributed by atoms with van der Waals surface area (Å²) in [5.41, 5.74) is 12.1. The number of thiocarbonyl (C=S) groups is 2. The number of ether oxygens (including phenoxy) is 8. The number of nitrogens with zero attached hydrogens (tertiary/aromatic N) is 5. The minimum Gasteiger partial charge on any atom is -0.466 e. The molecule has 608 valence electrons. The summed E-state index contributed by atoms with van der Waals surface area (Å²) < 4.78 is 63.1. The van der Waals surface area contributed by atoms with E-state index in [1.807, 2.05) is 50.3 Å². The van der Waals surface area contributed by atoms with Crippen LogP contribution in [0.3, 0.4) is 0 Å². The topological polar surface area (TPSA) is 382 Å². The number of phosphoric ester groups is 1. The number of aromatic nitrogens is 2. The first-order chi connectivity index (χ1) is 53.1. The quantitative estimate of drug-likeness (QED) is 0.00750. The Morgan fingerprint density at radius 3 is 1.82 bits per heavy atom. The van der Waals surface area contributed by atoms with E-state index in [4.69, 9.17) is 95.8 Å². The standard InChI is InChI=1S/C75H103Cl2N12O19PS2/c1-45(2)65(84-58(90)16-21-100-23-25-102-27-29-104-31-32-105-30-28-103-26-24-101-22-20-87-59(91)14-15-60(87)92)69(94)83-53(9-8-17-79-71(78)96)68(93)82-52-12-10-49(11-13-52)41-106-72(110)85(6)18-19-86(7)73(111)107-56-33-54-63(61-46(3)37-80-66(56)61)50(35-76)39-88(54)48(5)74-42-75(43-74,44-74)70(95)89-40-51(36-77)64-55(89)34-57(108-109(97,98)99)67-62(64)47(4)38-81-67/h10-12,14-15,33-34,37-38,45,48,50-53,65,80-81H,8-9,13,16-32,35-36,39-44H2,1-7H3,(H,82,93)(H,83,94)(H,84,90)(H3,78,79,96)(H2,97,98,99)/t48?,50?,51-,52?,53?,65+,74?,75?/m1/s1. The lowest BCUT2D eigenvalue weighted by molar-refractivity contribution is -0.211. The maximum Gasteiger partial charge on any atom is 0.524 e. The molecular formula is C75H103Cl2N12O19PS2. The summed E-state index contributed by atoms with van der Waals surface area (Å²) in [4.78, 5) is 126. The van der Waals surface area contributed by atoms with Crippen LogP contribution in [0.25, 0.3) is 21.8 Å². The van der Waals surface area contributed by atoms with Gasteiger partial charge in [-0.05, 0) is 123 Å². The molecule has 2 bridgehead atoms. The van der Waals surface area contributed by atoms with E-state index < -0.39 is 55.1 Å². The molecule has 2 aromatic carbocycles. The third-order valence-electron chi connectivity index (χ3n) is 21.2. The Hall–Kier alpha value is -7.50. The lowest BCUT2D eigenvalue weighted by Crippen LogP contribution is -2.73. The van der Waals surface area contributed by atoms with Crippen molar-refractivity contribution in [2.45, 2.75) is 116 Å². The predicted octanol–water partition coefficient (Wildman–Crippen LogP) is 6.50. The Labute approximate surface area is 666 Å². The highest BCUT2D eigenvalue weighted by Crippen LogP contribution is 2.76. The number of nitrogens with one attached hydrogen (secondary N) is 6. The summed E-state index contributed by atoms with van der Waals surface area (Å²) in [6, 6.07) is 0.485. The second-order valence-corrected chi connectivity index (χ2v) is 31.9. The third-order valence-corrected chi connectivity index (χ3v) is 23.2. The van der Waals surface area contributed by atoms with Crippen LogP contribution < -0.4 is 46.1 Å². The number of primary amides is 1. The smallest absolute Gasteiger partial charge is 0.466 e. The van der Waals surface area contributed by atoms with E-state index in [9.17, 15) is 47.9 Å². The number of rotatable bonds is 44. The summed E-state index contributed by atoms with van der Waals surface area (Å²) >= 11 is 25.1. The first-order valence-corrected chi connectivity index (χ1v) is 40.8. The van der Waals surface area contributed by atoms with Gasteiger partial charge in [-0.3, -0.25) is 43.5 Å². The molecule has 5 heterocycles. The first kappa shape index (κ1) is 85.9. The summed E-state index contributed by atoms with van der Waals surface area (Å²) in [5.74, 6) is -1.48. The van der Waals surface area contributed by atoms with Crippen molar-refractivity contribution in [3.8, 4) is 11.5 Å². The highest BCUT2D eigenvalue weighted by atomic mass is 35.5. The molecule has 2 aromatic heterocycles. The second-order valence-electron chi connectivity index (χ2n) is 29.4. The fourth-order valence-electron chi connectivity index (χ4n) is 15.4. The van der Waals surface area contributed by atoms with Crippen molar-refractivity contribution in [2.24, 2.45) is 22.5 Å². The van der Waals surface area contributed by atoms with Gasteiger partial charge < -0.3 is 99.0 Å². The van der Waals surface area contributed by atoms with Crippen LogP contribution in [0.5, 0.6) is 11.5 Å².